The lowest BCUT2D eigenvalue weighted by atomic mass is 10.1. The normalized spacial score (nSPS) is 12.2. The summed E-state index contributed by atoms with van der Waals surface area (Å²) in [6.07, 6.45) is 0. The van der Waals surface area contributed by atoms with Gasteiger partial charge in [-0.05, 0) is 39.3 Å². The zero-order chi connectivity index (χ0) is 15.6. The zero-order valence-corrected chi connectivity index (χ0v) is 13.1. The van der Waals surface area contributed by atoms with Gasteiger partial charge in [-0.1, -0.05) is 12.1 Å². The van der Waals surface area contributed by atoms with Crippen LogP contribution in [0.5, 0.6) is 0 Å². The van der Waals surface area contributed by atoms with Crippen LogP contribution in [0.4, 0.5) is 5.69 Å². The largest absolute Gasteiger partial charge is 0.462 e. The third kappa shape index (κ3) is 3.50. The molecule has 2 N–H and O–H groups in total. The van der Waals surface area contributed by atoms with Crippen LogP contribution in [0.15, 0.2) is 18.2 Å². The SMILES string of the molecule is CCOC(=O)c1c(N)cccc1CS(=O)(=O)C(C)(C)C. The molecule has 1 aromatic rings. The van der Waals surface area contributed by atoms with Gasteiger partial charge in [0.2, 0.25) is 0 Å². The van der Waals surface area contributed by atoms with E-state index in [9.17, 15) is 13.2 Å². The third-order valence-corrected chi connectivity index (χ3v) is 5.50. The lowest BCUT2D eigenvalue weighted by molar-refractivity contribution is 0.0526. The van der Waals surface area contributed by atoms with Crippen molar-refractivity contribution in [1.82, 2.24) is 0 Å². The number of sulfone groups is 1. The van der Waals surface area contributed by atoms with Gasteiger partial charge in [-0.25, -0.2) is 13.2 Å². The van der Waals surface area contributed by atoms with Gasteiger partial charge in [0.25, 0.3) is 0 Å². The molecule has 5 nitrogen and oxygen atoms in total. The van der Waals surface area contributed by atoms with E-state index in [4.69, 9.17) is 10.5 Å². The van der Waals surface area contributed by atoms with Crippen molar-refractivity contribution in [1.29, 1.82) is 0 Å². The van der Waals surface area contributed by atoms with Crippen molar-refractivity contribution in [2.75, 3.05) is 12.3 Å². The minimum Gasteiger partial charge on any atom is -0.462 e. The Morgan fingerprint density at radius 3 is 2.40 bits per heavy atom. The molecule has 0 radical (unpaired) electrons. The number of esters is 1. The number of nitrogens with two attached hydrogens (primary N) is 1. The Kier molecular flexibility index (Phi) is 4.81. The van der Waals surface area contributed by atoms with E-state index in [1.807, 2.05) is 0 Å². The highest BCUT2D eigenvalue weighted by molar-refractivity contribution is 7.91. The zero-order valence-electron chi connectivity index (χ0n) is 12.3. The Balaban J connectivity index is 3.27. The molecule has 0 aliphatic heterocycles. The maximum Gasteiger partial charge on any atom is 0.340 e. The molecular formula is C14H21NO4S. The minimum atomic E-state index is -3.40. The first-order valence-corrected chi connectivity index (χ1v) is 8.02. The maximum atomic E-state index is 12.3. The topological polar surface area (TPSA) is 86.5 Å². The number of hydrogen-bond acceptors (Lipinski definition) is 5. The van der Waals surface area contributed by atoms with Crippen LogP contribution in [0, 0.1) is 0 Å². The van der Waals surface area contributed by atoms with Crippen molar-refractivity contribution < 1.29 is 17.9 Å². The number of anilines is 1. The Bertz CT molecular complexity index is 600. The summed E-state index contributed by atoms with van der Waals surface area (Å²) in [7, 11) is -3.40. The summed E-state index contributed by atoms with van der Waals surface area (Å²) >= 11 is 0. The lowest BCUT2D eigenvalue weighted by Gasteiger charge is -2.20. The van der Waals surface area contributed by atoms with Crippen molar-refractivity contribution >= 4 is 21.5 Å². The minimum absolute atomic E-state index is 0.141. The first kappa shape index (κ1) is 16.5. The maximum absolute atomic E-state index is 12.3. The average Bonchev–Trinajstić information content (AvgIpc) is 2.27. The molecule has 0 fully saturated rings. The highest BCUT2D eigenvalue weighted by atomic mass is 32.2. The fraction of sp³-hybridized carbons (Fsp3) is 0.500. The van der Waals surface area contributed by atoms with Gasteiger partial charge in [-0.2, -0.15) is 0 Å². The van der Waals surface area contributed by atoms with E-state index in [2.05, 4.69) is 0 Å². The second-order valence-corrected chi connectivity index (χ2v) is 8.22. The van der Waals surface area contributed by atoms with Crippen molar-refractivity contribution in [3.63, 3.8) is 0 Å². The number of rotatable bonds is 4. The highest BCUT2D eigenvalue weighted by Gasteiger charge is 2.31. The fourth-order valence-electron chi connectivity index (χ4n) is 1.61. The monoisotopic (exact) mass is 299 g/mol. The predicted octanol–water partition coefficient (Wildman–Crippen LogP) is 2.16. The number of carbonyl (C=O) groups excluding carboxylic acids is 1. The number of nitrogen functional groups attached to an aromatic ring is 1. The molecule has 0 spiro atoms. The molecule has 112 valence electrons. The van der Waals surface area contributed by atoms with E-state index in [-0.39, 0.29) is 23.6 Å². The summed E-state index contributed by atoms with van der Waals surface area (Å²) in [5.74, 6) is -0.833. The molecule has 0 saturated carbocycles. The Hall–Kier alpha value is -1.56. The van der Waals surface area contributed by atoms with E-state index in [1.54, 1.807) is 45.9 Å². The summed E-state index contributed by atoms with van der Waals surface area (Å²) < 4.78 is 28.6. The van der Waals surface area contributed by atoms with Crippen LogP contribution in [0.3, 0.4) is 0 Å². The molecule has 0 unspecified atom stereocenters. The van der Waals surface area contributed by atoms with E-state index < -0.39 is 20.6 Å². The number of carbonyl (C=O) groups is 1. The third-order valence-electron chi connectivity index (χ3n) is 2.94. The molecule has 0 aromatic heterocycles. The summed E-state index contributed by atoms with van der Waals surface area (Å²) in [5.41, 5.74) is 6.53. The number of hydrogen-bond donors (Lipinski definition) is 1. The van der Waals surface area contributed by atoms with E-state index in [0.717, 1.165) is 0 Å². The van der Waals surface area contributed by atoms with Gasteiger partial charge in [0.15, 0.2) is 9.84 Å². The molecule has 0 heterocycles. The molecule has 20 heavy (non-hydrogen) atoms. The van der Waals surface area contributed by atoms with Crippen molar-refractivity contribution in [3.8, 4) is 0 Å². The number of benzene rings is 1. The molecule has 0 atom stereocenters. The first-order chi connectivity index (χ1) is 9.10. The summed E-state index contributed by atoms with van der Waals surface area (Å²) in [6, 6.07) is 4.77. The Labute approximate surface area is 120 Å². The summed E-state index contributed by atoms with van der Waals surface area (Å²) in [6.45, 7) is 6.76. The standard InChI is InChI=1S/C14H21NO4S/c1-5-19-13(16)12-10(7-6-8-11(12)15)9-20(17,18)14(2,3)4/h6-8H,5,9,15H2,1-4H3. The second-order valence-electron chi connectivity index (χ2n) is 5.47. The Morgan fingerprint density at radius 1 is 1.30 bits per heavy atom. The van der Waals surface area contributed by atoms with Crippen LogP contribution in [0.2, 0.25) is 0 Å². The average molecular weight is 299 g/mol. The van der Waals surface area contributed by atoms with Crippen molar-refractivity contribution in [3.05, 3.63) is 29.3 Å². The number of ether oxygens (including phenoxy) is 1. The van der Waals surface area contributed by atoms with Crippen molar-refractivity contribution in [2.45, 2.75) is 38.2 Å². The molecule has 0 bridgehead atoms. The van der Waals surface area contributed by atoms with E-state index in [1.165, 1.54) is 0 Å². The lowest BCUT2D eigenvalue weighted by Crippen LogP contribution is -2.30. The van der Waals surface area contributed by atoms with Gasteiger partial charge >= 0.3 is 5.97 Å². The quantitative estimate of drug-likeness (QED) is 0.680. The molecule has 1 rings (SSSR count). The highest BCUT2D eigenvalue weighted by Crippen LogP contribution is 2.25. The van der Waals surface area contributed by atoms with Crippen molar-refractivity contribution in [2.24, 2.45) is 0 Å². The second kappa shape index (κ2) is 5.83. The molecule has 0 aliphatic carbocycles. The fourth-order valence-corrected chi connectivity index (χ4v) is 2.70. The van der Waals surface area contributed by atoms with Crippen LogP contribution in [0.1, 0.15) is 43.6 Å². The van der Waals surface area contributed by atoms with E-state index >= 15 is 0 Å². The van der Waals surface area contributed by atoms with E-state index in [0.29, 0.717) is 5.56 Å². The van der Waals surface area contributed by atoms with Gasteiger partial charge in [-0.15, -0.1) is 0 Å². The van der Waals surface area contributed by atoms with Crippen LogP contribution in [-0.2, 0) is 20.3 Å². The summed E-state index contributed by atoms with van der Waals surface area (Å²) in [4.78, 5) is 11.9. The molecular weight excluding hydrogens is 278 g/mol. The van der Waals surface area contributed by atoms with Crippen LogP contribution in [0.25, 0.3) is 0 Å². The first-order valence-electron chi connectivity index (χ1n) is 6.37. The van der Waals surface area contributed by atoms with Crippen LogP contribution < -0.4 is 5.73 Å². The van der Waals surface area contributed by atoms with Gasteiger partial charge in [0.1, 0.15) is 0 Å². The molecule has 0 amide bonds. The predicted molar refractivity (Wildman–Crippen MR) is 79.2 cm³/mol. The molecule has 6 heteroatoms. The molecule has 0 aliphatic rings. The van der Waals surface area contributed by atoms with Crippen LogP contribution in [-0.4, -0.2) is 25.7 Å². The molecule has 0 saturated heterocycles. The van der Waals surface area contributed by atoms with Gasteiger partial charge in [-0.3, -0.25) is 0 Å². The van der Waals surface area contributed by atoms with Gasteiger partial charge in [0, 0.05) is 5.69 Å². The Morgan fingerprint density at radius 2 is 1.90 bits per heavy atom. The smallest absolute Gasteiger partial charge is 0.340 e. The van der Waals surface area contributed by atoms with Gasteiger partial charge in [0.05, 0.1) is 22.7 Å². The summed E-state index contributed by atoms with van der Waals surface area (Å²) in [5, 5.41) is 0. The molecule has 1 aromatic carbocycles. The van der Waals surface area contributed by atoms with Gasteiger partial charge < -0.3 is 10.5 Å². The van der Waals surface area contributed by atoms with Crippen LogP contribution >= 0.6 is 0 Å².